The molecule has 1 aliphatic rings. The summed E-state index contributed by atoms with van der Waals surface area (Å²) in [7, 11) is 1.45. The fourth-order valence-corrected chi connectivity index (χ4v) is 5.82. The molecule has 0 N–H and O–H groups in total. The van der Waals surface area contributed by atoms with Crippen LogP contribution in [0.3, 0.4) is 0 Å². The van der Waals surface area contributed by atoms with Crippen LogP contribution >= 0.6 is 11.3 Å². The first-order valence-electron chi connectivity index (χ1n) is 10.9. The molecule has 1 aliphatic heterocycles. The summed E-state index contributed by atoms with van der Waals surface area (Å²) in [5.74, 6) is -0.345. The zero-order valence-corrected chi connectivity index (χ0v) is 19.8. The maximum Gasteiger partial charge on any atom is 0.332 e. The van der Waals surface area contributed by atoms with E-state index in [9.17, 15) is 14.4 Å². The first kappa shape index (κ1) is 21.6. The summed E-state index contributed by atoms with van der Waals surface area (Å²) >= 11 is 1.32. The maximum absolute atomic E-state index is 13.6. The van der Waals surface area contributed by atoms with Crippen molar-refractivity contribution in [2.45, 2.75) is 39.8 Å². The first-order valence-corrected chi connectivity index (χ1v) is 11.7. The maximum atomic E-state index is 13.6. The Labute approximate surface area is 193 Å². The molecule has 0 spiro atoms. The van der Waals surface area contributed by atoms with Gasteiger partial charge in [-0.25, -0.2) is 14.8 Å². The van der Waals surface area contributed by atoms with E-state index in [4.69, 9.17) is 4.84 Å². The summed E-state index contributed by atoms with van der Waals surface area (Å²) in [5.41, 5.74) is 1.24. The topological polar surface area (TPSA) is 91.4 Å². The van der Waals surface area contributed by atoms with E-state index in [0.29, 0.717) is 35.0 Å². The predicted octanol–water partition coefficient (Wildman–Crippen LogP) is 2.83. The molecule has 172 valence electrons. The summed E-state index contributed by atoms with van der Waals surface area (Å²) in [6.45, 7) is 7.06. The molecule has 9 nitrogen and oxygen atoms in total. The average molecular weight is 468 g/mol. The van der Waals surface area contributed by atoms with Crippen LogP contribution in [0.1, 0.15) is 47.2 Å². The molecule has 0 bridgehead atoms. The highest BCUT2D eigenvalue weighted by molar-refractivity contribution is 7.19. The van der Waals surface area contributed by atoms with Gasteiger partial charge in [0.25, 0.3) is 11.5 Å². The number of nitrogens with zero attached hydrogens (tertiary/aromatic N) is 5. The predicted molar refractivity (Wildman–Crippen MR) is 127 cm³/mol. The third-order valence-corrected chi connectivity index (χ3v) is 7.24. The molecule has 1 fully saturated rings. The van der Waals surface area contributed by atoms with Crippen molar-refractivity contribution < 1.29 is 9.63 Å². The lowest BCUT2D eigenvalue weighted by Gasteiger charge is -2.16. The minimum absolute atomic E-state index is 0.180. The minimum Gasteiger partial charge on any atom is -0.325 e. The molecule has 4 aromatic heterocycles. The molecule has 10 heteroatoms. The van der Waals surface area contributed by atoms with Crippen LogP contribution in [-0.2, 0) is 18.4 Å². The Bertz CT molecular complexity index is 1520. The van der Waals surface area contributed by atoms with Crippen molar-refractivity contribution >= 4 is 38.5 Å². The number of aryl methyl sites for hydroxylation is 1. The fraction of sp³-hybridized carbons (Fsp3) is 0.391. The fourth-order valence-electron chi connectivity index (χ4n) is 4.42. The van der Waals surface area contributed by atoms with Gasteiger partial charge in [0.1, 0.15) is 10.5 Å². The van der Waals surface area contributed by atoms with E-state index in [1.54, 1.807) is 10.8 Å². The zero-order chi connectivity index (χ0) is 23.4. The number of carbonyl (C=O) groups excluding carboxylic acids is 1. The minimum atomic E-state index is -0.468. The van der Waals surface area contributed by atoms with Gasteiger partial charge in [-0.2, -0.15) is 0 Å². The van der Waals surface area contributed by atoms with Gasteiger partial charge >= 0.3 is 5.69 Å². The molecule has 0 aromatic carbocycles. The van der Waals surface area contributed by atoms with Gasteiger partial charge in [-0.05, 0) is 45.4 Å². The molecule has 1 amide bonds. The number of thiophene rings is 1. The Kier molecular flexibility index (Phi) is 5.21. The SMILES string of the molecule is Cc1cc2cccnc2n1Cc1sc2c(c1C(=O)N1CCCO1)c(=O)n(C)c(=O)n2C(C)C. The largest absolute Gasteiger partial charge is 0.332 e. The second kappa shape index (κ2) is 7.96. The summed E-state index contributed by atoms with van der Waals surface area (Å²) in [5, 5.41) is 2.60. The zero-order valence-electron chi connectivity index (χ0n) is 19.0. The highest BCUT2D eigenvalue weighted by Crippen LogP contribution is 2.33. The smallest absolute Gasteiger partial charge is 0.325 e. The highest BCUT2D eigenvalue weighted by atomic mass is 32.1. The lowest BCUT2D eigenvalue weighted by Crippen LogP contribution is -2.39. The van der Waals surface area contributed by atoms with E-state index in [2.05, 4.69) is 4.98 Å². The summed E-state index contributed by atoms with van der Waals surface area (Å²) < 4.78 is 4.70. The number of pyridine rings is 1. The second-order valence-corrected chi connectivity index (χ2v) is 9.66. The van der Waals surface area contributed by atoms with E-state index in [0.717, 1.165) is 27.7 Å². The molecule has 0 aliphatic carbocycles. The van der Waals surface area contributed by atoms with Crippen molar-refractivity contribution in [2.75, 3.05) is 13.2 Å². The Morgan fingerprint density at radius 3 is 2.79 bits per heavy atom. The molecule has 5 heterocycles. The van der Waals surface area contributed by atoms with Gasteiger partial charge in [-0.15, -0.1) is 11.3 Å². The lowest BCUT2D eigenvalue weighted by molar-refractivity contribution is -0.0767. The number of amides is 1. The van der Waals surface area contributed by atoms with Gasteiger partial charge in [0.2, 0.25) is 0 Å². The summed E-state index contributed by atoms with van der Waals surface area (Å²) in [6.07, 6.45) is 2.47. The number of aromatic nitrogens is 4. The van der Waals surface area contributed by atoms with Gasteiger partial charge in [-0.1, -0.05) is 0 Å². The van der Waals surface area contributed by atoms with Crippen LogP contribution in [0.5, 0.6) is 0 Å². The van der Waals surface area contributed by atoms with Crippen LogP contribution < -0.4 is 11.2 Å². The van der Waals surface area contributed by atoms with Crippen LogP contribution in [0.25, 0.3) is 21.3 Å². The number of hydroxylamine groups is 2. The van der Waals surface area contributed by atoms with Crippen molar-refractivity contribution in [1.82, 2.24) is 23.7 Å². The van der Waals surface area contributed by atoms with Crippen LogP contribution in [0, 0.1) is 6.92 Å². The van der Waals surface area contributed by atoms with Crippen molar-refractivity contribution in [2.24, 2.45) is 7.05 Å². The monoisotopic (exact) mass is 467 g/mol. The second-order valence-electron chi connectivity index (χ2n) is 8.57. The van der Waals surface area contributed by atoms with Crippen LogP contribution in [0.15, 0.2) is 34.0 Å². The molecule has 1 saturated heterocycles. The first-order chi connectivity index (χ1) is 15.8. The number of fused-ring (bicyclic) bond motifs is 2. The summed E-state index contributed by atoms with van der Waals surface area (Å²) in [6, 6.07) is 5.74. The molecule has 0 unspecified atom stereocenters. The molecular formula is C23H25N5O4S. The van der Waals surface area contributed by atoms with Gasteiger partial charge in [0.05, 0.1) is 30.6 Å². The molecule has 0 radical (unpaired) electrons. The van der Waals surface area contributed by atoms with Gasteiger partial charge < -0.3 is 4.57 Å². The highest BCUT2D eigenvalue weighted by Gasteiger charge is 2.31. The number of rotatable bonds is 4. The van der Waals surface area contributed by atoms with E-state index in [1.165, 1.54) is 23.4 Å². The van der Waals surface area contributed by atoms with Crippen molar-refractivity contribution in [3.8, 4) is 0 Å². The third-order valence-electron chi connectivity index (χ3n) is 6.07. The van der Waals surface area contributed by atoms with Crippen LogP contribution in [0.2, 0.25) is 0 Å². The molecule has 0 atom stereocenters. The molecule has 0 saturated carbocycles. The number of hydrogen-bond acceptors (Lipinski definition) is 6. The molecule has 4 aromatic rings. The van der Waals surface area contributed by atoms with Crippen molar-refractivity contribution in [3.63, 3.8) is 0 Å². The molecular weight excluding hydrogens is 442 g/mol. The Morgan fingerprint density at radius 1 is 1.30 bits per heavy atom. The van der Waals surface area contributed by atoms with Gasteiger partial charge in [0.15, 0.2) is 0 Å². The van der Waals surface area contributed by atoms with Gasteiger partial charge in [-0.3, -0.25) is 23.6 Å². The summed E-state index contributed by atoms with van der Waals surface area (Å²) in [4.78, 5) is 51.1. The Morgan fingerprint density at radius 2 is 2.09 bits per heavy atom. The van der Waals surface area contributed by atoms with Crippen molar-refractivity contribution in [1.29, 1.82) is 0 Å². The van der Waals surface area contributed by atoms with Crippen LogP contribution in [-0.4, -0.2) is 42.8 Å². The number of hydrogen-bond donors (Lipinski definition) is 0. The van der Waals surface area contributed by atoms with Crippen molar-refractivity contribution in [3.05, 3.63) is 61.4 Å². The average Bonchev–Trinajstić information content (AvgIpc) is 3.50. The quantitative estimate of drug-likeness (QED) is 0.460. The van der Waals surface area contributed by atoms with E-state index < -0.39 is 11.2 Å². The Hall–Kier alpha value is -3.24. The van der Waals surface area contributed by atoms with E-state index in [-0.39, 0.29) is 17.3 Å². The molecule has 5 rings (SSSR count). The van der Waals surface area contributed by atoms with Crippen LogP contribution in [0.4, 0.5) is 0 Å². The van der Waals surface area contributed by atoms with E-state index >= 15 is 0 Å². The Balaban J connectivity index is 1.81. The lowest BCUT2D eigenvalue weighted by atomic mass is 10.1. The van der Waals surface area contributed by atoms with E-state index in [1.807, 2.05) is 43.5 Å². The third kappa shape index (κ3) is 3.32. The number of carbonyl (C=O) groups is 1. The normalized spacial score (nSPS) is 14.3. The molecule has 33 heavy (non-hydrogen) atoms. The van der Waals surface area contributed by atoms with Gasteiger partial charge in [0, 0.05) is 35.2 Å². The standard InChI is InChI=1S/C23H25N5O4S/c1-13(2)28-22-18(20(29)25(4)23(28)31)17(21(30)27-9-6-10-32-27)16(33-22)12-26-14(3)11-15-7-5-8-24-19(15)26/h5,7-8,11,13H,6,9-10,12H2,1-4H3.